The molecule has 0 N–H and O–H groups in total. The van der Waals surface area contributed by atoms with Crippen molar-refractivity contribution in [1.82, 2.24) is 0 Å². The zero-order valence-electron chi connectivity index (χ0n) is 13.1. The molecule has 4 heteroatoms. The molecule has 0 amide bonds. The van der Waals surface area contributed by atoms with Gasteiger partial charge in [0.25, 0.3) is 0 Å². The molecule has 1 unspecified atom stereocenters. The molecular weight excluding hydrogens is 383 g/mol. The van der Waals surface area contributed by atoms with Gasteiger partial charge >= 0.3 is 15.5 Å². The third kappa shape index (κ3) is 3.93. The van der Waals surface area contributed by atoms with Gasteiger partial charge in [0.15, 0.2) is 0 Å². The van der Waals surface area contributed by atoms with Crippen LogP contribution in [-0.4, -0.2) is 0 Å². The lowest BCUT2D eigenvalue weighted by Crippen LogP contribution is -2.26. The molecule has 3 aromatic rings. The molecule has 2 nitrogen and oxygen atoms in total. The molecule has 122 valence electrons. The van der Waals surface area contributed by atoms with E-state index in [0.29, 0.717) is 0 Å². The van der Waals surface area contributed by atoms with Crippen molar-refractivity contribution in [1.29, 1.82) is 0 Å². The molecule has 0 aromatic heterocycles. The first-order chi connectivity index (χ1) is 11.8. The normalized spacial score (nSPS) is 11.9. The maximum atomic E-state index is 11.1. The molecule has 0 aliphatic rings. The average molecular weight is 401 g/mol. The molecule has 3 rings (SSSR count). The second kappa shape index (κ2) is 8.55. The highest BCUT2D eigenvalue weighted by molar-refractivity contribution is 7.34. The van der Waals surface area contributed by atoms with Gasteiger partial charge in [0.1, 0.15) is 0 Å². The Balaban J connectivity index is 2.12. The van der Waals surface area contributed by atoms with Crippen molar-refractivity contribution in [2.75, 3.05) is 0 Å². The van der Waals surface area contributed by atoms with Crippen molar-refractivity contribution in [3.63, 3.8) is 0 Å². The quantitative estimate of drug-likeness (QED) is 0.560. The number of hydrogen-bond donors (Lipinski definition) is 0. The predicted octanol–water partition coefficient (Wildman–Crippen LogP) is 4.06. The second-order valence-electron chi connectivity index (χ2n) is 5.54. The minimum absolute atomic E-state index is 0.0754. The SMILES string of the molecule is [O-][Br+]OPC(Cc1ccccc1)(c1ccccc1)c1ccccc1. The van der Waals surface area contributed by atoms with Crippen molar-refractivity contribution in [3.05, 3.63) is 108 Å². The topological polar surface area (TPSA) is 32.3 Å². The van der Waals surface area contributed by atoms with Crippen molar-refractivity contribution in [2.45, 2.75) is 11.6 Å². The predicted molar refractivity (Wildman–Crippen MR) is 93.2 cm³/mol. The van der Waals surface area contributed by atoms with Gasteiger partial charge in [-0.3, -0.25) is 0 Å². The van der Waals surface area contributed by atoms with Crippen LogP contribution >= 0.6 is 8.81 Å². The molecular formula is C20H18BrO2P. The molecule has 0 heterocycles. The fraction of sp³-hybridized carbons (Fsp3) is 0.100. The van der Waals surface area contributed by atoms with E-state index in [0.717, 1.165) is 6.42 Å². The van der Waals surface area contributed by atoms with Crippen LogP contribution in [0.15, 0.2) is 91.0 Å². The Morgan fingerprint density at radius 1 is 0.750 bits per heavy atom. The van der Waals surface area contributed by atoms with E-state index in [-0.39, 0.29) is 14.0 Å². The fourth-order valence-electron chi connectivity index (χ4n) is 2.95. The first-order valence-corrected chi connectivity index (χ1v) is 9.91. The maximum Gasteiger partial charge on any atom is 0.423 e. The standard InChI is InChI=1S/C20H18BrO2P/c22-21-23-24-20(18-12-6-2-7-13-18,19-14-8-3-9-15-19)16-17-10-4-1-5-11-17/h1-15,24H,16H2. The van der Waals surface area contributed by atoms with Crippen molar-refractivity contribution in [2.24, 2.45) is 0 Å². The number of rotatable bonds is 7. The lowest BCUT2D eigenvalue weighted by molar-refractivity contribution is -1.25. The summed E-state index contributed by atoms with van der Waals surface area (Å²) in [5.41, 5.74) is 3.59. The van der Waals surface area contributed by atoms with Crippen LogP contribution in [0.4, 0.5) is 0 Å². The minimum atomic E-state index is -0.785. The average Bonchev–Trinajstić information content (AvgIpc) is 2.67. The lowest BCUT2D eigenvalue weighted by Gasteiger charge is -2.33. The van der Waals surface area contributed by atoms with Crippen LogP contribution in [-0.2, 0) is 15.2 Å². The summed E-state index contributed by atoms with van der Waals surface area (Å²) in [6.07, 6.45) is 0.797. The summed E-state index contributed by atoms with van der Waals surface area (Å²) in [5, 5.41) is -0.345. The largest absolute Gasteiger partial charge is 0.550 e. The van der Waals surface area contributed by atoms with E-state index in [1.807, 2.05) is 42.5 Å². The fourth-order valence-corrected chi connectivity index (χ4v) is 4.99. The Morgan fingerprint density at radius 2 is 1.21 bits per heavy atom. The van der Waals surface area contributed by atoms with Gasteiger partial charge in [-0.15, -0.1) is 3.62 Å². The molecule has 0 aliphatic carbocycles. The highest BCUT2D eigenvalue weighted by Crippen LogP contribution is 2.50. The Kier molecular flexibility index (Phi) is 6.17. The van der Waals surface area contributed by atoms with Crippen molar-refractivity contribution in [3.8, 4) is 0 Å². The van der Waals surface area contributed by atoms with Crippen molar-refractivity contribution >= 4 is 8.81 Å². The zero-order valence-corrected chi connectivity index (χ0v) is 15.6. The highest BCUT2D eigenvalue weighted by atomic mass is 79.9. The van der Waals surface area contributed by atoms with E-state index < -0.39 is 15.5 Å². The molecule has 0 bridgehead atoms. The van der Waals surface area contributed by atoms with E-state index in [9.17, 15) is 4.20 Å². The number of benzene rings is 3. The van der Waals surface area contributed by atoms with Crippen molar-refractivity contribution < 1.29 is 23.3 Å². The van der Waals surface area contributed by atoms with Gasteiger partial charge in [0.2, 0.25) is 0 Å². The second-order valence-corrected chi connectivity index (χ2v) is 7.99. The van der Waals surface area contributed by atoms with E-state index >= 15 is 0 Å². The Morgan fingerprint density at radius 3 is 1.67 bits per heavy atom. The van der Waals surface area contributed by atoms with Gasteiger partial charge in [0.05, 0.1) is 14.0 Å². The van der Waals surface area contributed by atoms with Crippen LogP contribution in [0.2, 0.25) is 0 Å². The van der Waals surface area contributed by atoms with Crippen LogP contribution in [0.1, 0.15) is 16.7 Å². The van der Waals surface area contributed by atoms with Crippen LogP contribution in [0.5, 0.6) is 0 Å². The molecule has 24 heavy (non-hydrogen) atoms. The smallest absolute Gasteiger partial charge is 0.423 e. The van der Waals surface area contributed by atoms with Gasteiger partial charge in [-0.1, -0.05) is 91.0 Å². The van der Waals surface area contributed by atoms with Gasteiger partial charge in [0, 0.05) is 0 Å². The summed E-state index contributed by atoms with van der Waals surface area (Å²) in [4.78, 5) is 0. The van der Waals surface area contributed by atoms with Crippen LogP contribution < -0.4 is 4.20 Å². The summed E-state index contributed by atoms with van der Waals surface area (Å²) in [6, 6.07) is 31.1. The molecule has 0 saturated heterocycles. The summed E-state index contributed by atoms with van der Waals surface area (Å²) >= 11 is -0.785. The monoisotopic (exact) mass is 400 g/mol. The Hall–Kier alpha value is -1.51. The lowest BCUT2D eigenvalue weighted by atomic mass is 9.85. The highest BCUT2D eigenvalue weighted by Gasteiger charge is 2.37. The van der Waals surface area contributed by atoms with Gasteiger partial charge in [-0.05, 0) is 23.1 Å². The van der Waals surface area contributed by atoms with Crippen LogP contribution in [0, 0.1) is 15.5 Å². The zero-order chi connectivity index (χ0) is 16.7. The van der Waals surface area contributed by atoms with Gasteiger partial charge in [-0.2, -0.15) is 0 Å². The molecule has 1 atom stereocenters. The molecule has 0 radical (unpaired) electrons. The summed E-state index contributed by atoms with van der Waals surface area (Å²) in [5.74, 6) is 0. The molecule has 0 aliphatic heterocycles. The maximum absolute atomic E-state index is 11.1. The first kappa shape index (κ1) is 17.3. The summed E-state index contributed by atoms with van der Waals surface area (Å²) < 4.78 is 16.6. The summed E-state index contributed by atoms with van der Waals surface area (Å²) in [6.45, 7) is 0. The number of hydrogen-bond acceptors (Lipinski definition) is 2. The van der Waals surface area contributed by atoms with E-state index in [1.165, 1.54) is 16.7 Å². The molecule has 0 spiro atoms. The van der Waals surface area contributed by atoms with Gasteiger partial charge in [-0.25, -0.2) is 0 Å². The first-order valence-electron chi connectivity index (χ1n) is 7.70. The molecule has 0 saturated carbocycles. The third-order valence-electron chi connectivity index (χ3n) is 4.09. The molecule has 3 aromatic carbocycles. The van der Waals surface area contributed by atoms with Gasteiger partial charge < -0.3 is 4.20 Å². The van der Waals surface area contributed by atoms with Crippen LogP contribution in [0.3, 0.4) is 0 Å². The molecule has 0 fully saturated rings. The Labute approximate surface area is 151 Å². The van der Waals surface area contributed by atoms with E-state index in [2.05, 4.69) is 48.5 Å². The minimum Gasteiger partial charge on any atom is -0.550 e. The Bertz CT molecular complexity index is 696. The summed E-state index contributed by atoms with van der Waals surface area (Å²) in [7, 11) is 0.0754. The van der Waals surface area contributed by atoms with E-state index in [4.69, 9.17) is 3.62 Å². The number of halogens is 1. The van der Waals surface area contributed by atoms with Crippen LogP contribution in [0.25, 0.3) is 0 Å². The third-order valence-corrected chi connectivity index (χ3v) is 6.21. The van der Waals surface area contributed by atoms with E-state index in [1.54, 1.807) is 0 Å².